The van der Waals surface area contributed by atoms with Gasteiger partial charge in [-0.15, -0.1) is 0 Å². The molecule has 3 aromatic carbocycles. The third kappa shape index (κ3) is 5.25. The van der Waals surface area contributed by atoms with Gasteiger partial charge < -0.3 is 19.3 Å². The quantitative estimate of drug-likeness (QED) is 0.300. The molecule has 6 heteroatoms. The van der Waals surface area contributed by atoms with Crippen molar-refractivity contribution in [3.05, 3.63) is 94.1 Å². The number of ketones is 1. The maximum absolute atomic E-state index is 13.8. The zero-order chi connectivity index (χ0) is 27.1. The largest absolute Gasteiger partial charge is 0.507 e. The van der Waals surface area contributed by atoms with E-state index in [1.807, 2.05) is 94.6 Å². The van der Waals surface area contributed by atoms with E-state index in [2.05, 4.69) is 0 Å². The first kappa shape index (κ1) is 26.4. The maximum Gasteiger partial charge on any atom is 0.203 e. The van der Waals surface area contributed by atoms with Crippen LogP contribution in [0.5, 0.6) is 5.75 Å². The Labute approximate surface area is 218 Å². The molecule has 0 aliphatic carbocycles. The number of benzene rings is 3. The second kappa shape index (κ2) is 9.67. The van der Waals surface area contributed by atoms with Gasteiger partial charge in [0.2, 0.25) is 5.62 Å². The van der Waals surface area contributed by atoms with Crippen LogP contribution in [0.3, 0.4) is 0 Å². The van der Waals surface area contributed by atoms with Crippen molar-refractivity contribution in [1.82, 2.24) is 9.13 Å². The number of phenolic OH excluding ortho intramolecular Hbond substituents is 1. The first-order valence-corrected chi connectivity index (χ1v) is 12.6. The molecule has 0 radical (unpaired) electrons. The molecule has 194 valence electrons. The Hall–Kier alpha value is -3.64. The van der Waals surface area contributed by atoms with Crippen LogP contribution in [0, 0.1) is 5.41 Å². The van der Waals surface area contributed by atoms with E-state index in [1.165, 1.54) is 0 Å². The van der Waals surface area contributed by atoms with E-state index in [4.69, 9.17) is 5.41 Å². The molecule has 0 amide bonds. The van der Waals surface area contributed by atoms with Crippen LogP contribution in [0.1, 0.15) is 74.2 Å². The molecular formula is C31H37N3O3. The lowest BCUT2D eigenvalue weighted by Gasteiger charge is -2.28. The van der Waals surface area contributed by atoms with Crippen LogP contribution in [-0.2, 0) is 30.5 Å². The number of nitrogens with zero attached hydrogens (tertiary/aromatic N) is 2. The lowest BCUT2D eigenvalue weighted by atomic mass is 9.78. The highest BCUT2D eigenvalue weighted by molar-refractivity contribution is 5.97. The van der Waals surface area contributed by atoms with Gasteiger partial charge in [0.25, 0.3) is 0 Å². The Morgan fingerprint density at radius 2 is 1.41 bits per heavy atom. The van der Waals surface area contributed by atoms with E-state index in [1.54, 1.807) is 16.7 Å². The summed E-state index contributed by atoms with van der Waals surface area (Å²) in [7, 11) is 0. The number of hydrogen-bond acceptors (Lipinski definition) is 4. The second-order valence-electron chi connectivity index (χ2n) is 11.8. The Balaban J connectivity index is 1.84. The molecular weight excluding hydrogens is 462 g/mol. The number of aromatic hydroxyl groups is 1. The van der Waals surface area contributed by atoms with E-state index < -0.39 is 0 Å². The summed E-state index contributed by atoms with van der Waals surface area (Å²) in [6.07, 6.45) is 0. The Morgan fingerprint density at radius 1 is 0.811 bits per heavy atom. The lowest BCUT2D eigenvalue weighted by Crippen LogP contribution is -2.28. The molecule has 1 aromatic heterocycles. The summed E-state index contributed by atoms with van der Waals surface area (Å²) in [4.78, 5) is 13.8. The number of rotatable bonds is 6. The van der Waals surface area contributed by atoms with Crippen LogP contribution in [0.15, 0.2) is 60.7 Å². The van der Waals surface area contributed by atoms with Gasteiger partial charge in [-0.3, -0.25) is 10.2 Å². The minimum atomic E-state index is -0.351. The number of imidazole rings is 1. The van der Waals surface area contributed by atoms with Crippen LogP contribution >= 0.6 is 0 Å². The van der Waals surface area contributed by atoms with Gasteiger partial charge in [-0.1, -0.05) is 77.9 Å². The molecule has 0 spiro atoms. The van der Waals surface area contributed by atoms with Gasteiger partial charge in [0.05, 0.1) is 30.7 Å². The van der Waals surface area contributed by atoms with Gasteiger partial charge in [-0.25, -0.2) is 0 Å². The monoisotopic (exact) mass is 499 g/mol. The van der Waals surface area contributed by atoms with Gasteiger partial charge in [0, 0.05) is 16.7 Å². The van der Waals surface area contributed by atoms with Crippen molar-refractivity contribution in [3.63, 3.8) is 0 Å². The Bertz CT molecular complexity index is 1480. The molecule has 6 nitrogen and oxygen atoms in total. The fourth-order valence-corrected chi connectivity index (χ4v) is 4.75. The first-order chi connectivity index (χ1) is 17.3. The number of nitrogens with one attached hydrogen (secondary N) is 1. The van der Waals surface area contributed by atoms with Crippen molar-refractivity contribution in [2.75, 3.05) is 0 Å². The molecule has 0 fully saturated rings. The summed E-state index contributed by atoms with van der Waals surface area (Å²) >= 11 is 0. The van der Waals surface area contributed by atoms with E-state index >= 15 is 0 Å². The minimum Gasteiger partial charge on any atom is -0.507 e. The Morgan fingerprint density at radius 3 is 1.95 bits per heavy atom. The summed E-state index contributed by atoms with van der Waals surface area (Å²) in [5.41, 5.74) is 4.82. The Kier molecular flexibility index (Phi) is 6.91. The van der Waals surface area contributed by atoms with Crippen molar-refractivity contribution < 1.29 is 15.0 Å². The summed E-state index contributed by atoms with van der Waals surface area (Å²) in [5, 5.41) is 29.8. The van der Waals surface area contributed by atoms with E-state index in [0.29, 0.717) is 12.1 Å². The average Bonchev–Trinajstić information content (AvgIpc) is 3.08. The molecule has 0 saturated carbocycles. The second-order valence-corrected chi connectivity index (χ2v) is 11.8. The highest BCUT2D eigenvalue weighted by Crippen LogP contribution is 2.40. The highest BCUT2D eigenvalue weighted by Gasteiger charge is 2.28. The number of Topliss-reactive ketones (excluding diaryl/α,β-unsaturated/α-hetero) is 1. The predicted molar refractivity (Wildman–Crippen MR) is 147 cm³/mol. The first-order valence-electron chi connectivity index (χ1n) is 12.6. The van der Waals surface area contributed by atoms with Crippen molar-refractivity contribution in [3.8, 4) is 5.75 Å². The van der Waals surface area contributed by atoms with Crippen molar-refractivity contribution in [2.45, 2.75) is 72.1 Å². The normalized spacial score (nSPS) is 12.3. The molecule has 0 saturated heterocycles. The number of aromatic nitrogens is 2. The number of hydrogen-bond donors (Lipinski definition) is 3. The summed E-state index contributed by atoms with van der Waals surface area (Å²) in [6, 6.07) is 19.1. The van der Waals surface area contributed by atoms with Gasteiger partial charge in [0.1, 0.15) is 5.75 Å². The number of carbonyl (C=O) groups is 1. The average molecular weight is 500 g/mol. The topological polar surface area (TPSA) is 91.2 Å². The van der Waals surface area contributed by atoms with Crippen molar-refractivity contribution >= 4 is 16.8 Å². The SMILES string of the molecule is CC(C)(C)c1cc(C(=O)Cn2c(=N)n(Cc3ccccc3)c3ccc(CO)cc32)cc(C(C)(C)C)c1O. The minimum absolute atomic E-state index is 0.0239. The number of aliphatic hydroxyl groups is 1. The van der Waals surface area contributed by atoms with E-state index in [9.17, 15) is 15.0 Å². The van der Waals surface area contributed by atoms with Gasteiger partial charge in [-0.2, -0.15) is 0 Å². The fraction of sp³-hybridized carbons (Fsp3) is 0.355. The smallest absolute Gasteiger partial charge is 0.203 e. The number of phenols is 1. The summed E-state index contributed by atoms with van der Waals surface area (Å²) in [6.45, 7) is 12.5. The van der Waals surface area contributed by atoms with Crippen molar-refractivity contribution in [2.24, 2.45) is 0 Å². The lowest BCUT2D eigenvalue weighted by molar-refractivity contribution is 0.0971. The van der Waals surface area contributed by atoms with Gasteiger partial charge >= 0.3 is 0 Å². The number of aliphatic hydroxyl groups excluding tert-OH is 1. The molecule has 0 aliphatic rings. The van der Waals surface area contributed by atoms with Crippen molar-refractivity contribution in [1.29, 1.82) is 5.41 Å². The maximum atomic E-state index is 13.8. The molecule has 0 aliphatic heterocycles. The molecule has 0 unspecified atom stereocenters. The van der Waals surface area contributed by atoms with Gasteiger partial charge in [0.15, 0.2) is 5.78 Å². The standard InChI is InChI=1S/C31H37N3O3/c1-30(2,3)23-15-22(16-24(28(23)37)31(4,5)6)27(36)18-34-26-14-21(19-35)12-13-25(26)33(29(34)32)17-20-10-8-7-9-11-20/h7-16,32,35,37H,17-19H2,1-6H3. The van der Waals surface area contributed by atoms with Crippen LogP contribution in [-0.4, -0.2) is 25.1 Å². The molecule has 3 N–H and O–H groups in total. The molecule has 4 aromatic rings. The van der Waals surface area contributed by atoms with Gasteiger partial charge in [-0.05, 0) is 46.2 Å². The molecule has 0 bridgehead atoms. The zero-order valence-electron chi connectivity index (χ0n) is 22.6. The van der Waals surface area contributed by atoms with Crippen LogP contribution in [0.2, 0.25) is 0 Å². The third-order valence-electron chi connectivity index (χ3n) is 6.85. The highest BCUT2D eigenvalue weighted by atomic mass is 16.3. The molecule has 1 heterocycles. The number of carbonyl (C=O) groups excluding carboxylic acids is 1. The van der Waals surface area contributed by atoms with Crippen LogP contribution < -0.4 is 5.62 Å². The van der Waals surface area contributed by atoms with Crippen LogP contribution in [0.4, 0.5) is 0 Å². The zero-order valence-corrected chi connectivity index (χ0v) is 22.6. The summed E-state index contributed by atoms with van der Waals surface area (Å²) in [5.74, 6) is 0.0973. The molecule has 0 atom stereocenters. The molecule has 37 heavy (non-hydrogen) atoms. The van der Waals surface area contributed by atoms with Crippen LogP contribution in [0.25, 0.3) is 11.0 Å². The fourth-order valence-electron chi connectivity index (χ4n) is 4.75. The third-order valence-corrected chi connectivity index (χ3v) is 6.85. The predicted octanol–water partition coefficient (Wildman–Crippen LogP) is 5.65. The summed E-state index contributed by atoms with van der Waals surface area (Å²) < 4.78 is 3.59. The number of fused-ring (bicyclic) bond motifs is 1. The van der Waals surface area contributed by atoms with E-state index in [0.717, 1.165) is 33.3 Å². The van der Waals surface area contributed by atoms with E-state index in [-0.39, 0.29) is 41.1 Å². The molecule has 4 rings (SSSR count).